The van der Waals surface area contributed by atoms with Gasteiger partial charge in [0.25, 0.3) is 0 Å². The Bertz CT molecular complexity index is 1120. The summed E-state index contributed by atoms with van der Waals surface area (Å²) in [5.74, 6) is 4.32. The number of imidazole rings is 1. The van der Waals surface area contributed by atoms with E-state index in [2.05, 4.69) is 15.9 Å². The lowest BCUT2D eigenvalue weighted by atomic mass is 10.1. The Kier molecular flexibility index (Phi) is 5.54. The number of aromatic nitrogens is 3. The molecule has 3 aromatic rings. The molecule has 0 saturated carbocycles. The molecule has 0 N–H and O–H groups in total. The van der Waals surface area contributed by atoms with Crippen LogP contribution in [0.25, 0.3) is 22.4 Å². The Morgan fingerprint density at radius 2 is 1.83 bits per heavy atom. The number of halogens is 6. The summed E-state index contributed by atoms with van der Waals surface area (Å²) in [7, 11) is 1.64. The molecule has 2 heterocycles. The Hall–Kier alpha value is -2.67. The van der Waals surface area contributed by atoms with E-state index in [4.69, 9.17) is 0 Å². The standard InChI is InChI=1S/C19H13F6N3S/c1-3-29-15-8-11(6-7-18(20,21)22)4-5-12(15)17-27-13-9-16(19(23,24)25)26-10-14(13)28(17)2/h4-5,8-10H,3H2,1-2H3. The Morgan fingerprint density at radius 3 is 2.45 bits per heavy atom. The van der Waals surface area contributed by atoms with Crippen LogP contribution in [-0.4, -0.2) is 26.5 Å². The van der Waals surface area contributed by atoms with Gasteiger partial charge in [-0.05, 0) is 30.0 Å². The number of benzene rings is 1. The van der Waals surface area contributed by atoms with E-state index in [1.807, 2.05) is 6.92 Å². The molecule has 1 aromatic carbocycles. The molecule has 0 radical (unpaired) electrons. The topological polar surface area (TPSA) is 30.7 Å². The maximum atomic E-state index is 12.9. The molecular weight excluding hydrogens is 416 g/mol. The minimum atomic E-state index is -4.60. The zero-order valence-corrected chi connectivity index (χ0v) is 15.9. The second-order valence-corrected chi connectivity index (χ2v) is 7.25. The van der Waals surface area contributed by atoms with Gasteiger partial charge in [-0.1, -0.05) is 12.8 Å². The lowest BCUT2D eigenvalue weighted by Gasteiger charge is -2.09. The molecular formula is C19H13F6N3S. The number of aryl methyl sites for hydroxylation is 1. The van der Waals surface area contributed by atoms with Crippen molar-refractivity contribution in [3.05, 3.63) is 41.7 Å². The molecule has 0 saturated heterocycles. The summed E-state index contributed by atoms with van der Waals surface area (Å²) in [5.41, 5.74) is 0.249. The van der Waals surface area contributed by atoms with Crippen LogP contribution in [0.2, 0.25) is 0 Å². The first-order valence-corrected chi connectivity index (χ1v) is 9.25. The molecule has 0 unspecified atom stereocenters. The second kappa shape index (κ2) is 7.63. The van der Waals surface area contributed by atoms with Crippen LogP contribution in [-0.2, 0) is 13.2 Å². The molecule has 0 spiro atoms. The molecule has 152 valence electrons. The van der Waals surface area contributed by atoms with Crippen molar-refractivity contribution in [3.8, 4) is 23.2 Å². The molecule has 0 atom stereocenters. The Balaban J connectivity index is 2.12. The van der Waals surface area contributed by atoms with Gasteiger partial charge in [-0.2, -0.15) is 26.3 Å². The largest absolute Gasteiger partial charge is 0.458 e. The highest BCUT2D eigenvalue weighted by atomic mass is 32.2. The van der Waals surface area contributed by atoms with E-state index in [1.165, 1.54) is 29.8 Å². The summed E-state index contributed by atoms with van der Waals surface area (Å²) < 4.78 is 77.4. The third-order valence-electron chi connectivity index (χ3n) is 3.93. The average molecular weight is 429 g/mol. The SMILES string of the molecule is CCSc1cc(C#CC(F)(F)F)ccc1-c1nc2cc(C(F)(F)F)ncc2n1C. The molecule has 0 aliphatic rings. The van der Waals surface area contributed by atoms with Crippen LogP contribution < -0.4 is 0 Å². The zero-order valence-electron chi connectivity index (χ0n) is 15.1. The maximum absolute atomic E-state index is 12.9. The van der Waals surface area contributed by atoms with Crippen molar-refractivity contribution in [1.82, 2.24) is 14.5 Å². The second-order valence-electron chi connectivity index (χ2n) is 5.94. The molecule has 0 bridgehead atoms. The third-order valence-corrected chi connectivity index (χ3v) is 4.87. The summed E-state index contributed by atoms with van der Waals surface area (Å²) in [5, 5.41) is 0. The summed E-state index contributed by atoms with van der Waals surface area (Å²) in [6.07, 6.45) is -8.09. The van der Waals surface area contributed by atoms with Crippen LogP contribution in [0, 0.1) is 11.8 Å². The van der Waals surface area contributed by atoms with Gasteiger partial charge in [0.2, 0.25) is 0 Å². The van der Waals surface area contributed by atoms with E-state index in [-0.39, 0.29) is 11.1 Å². The van der Waals surface area contributed by atoms with Crippen LogP contribution in [0.4, 0.5) is 26.3 Å². The molecule has 0 amide bonds. The third kappa shape index (κ3) is 4.67. The minimum absolute atomic E-state index is 0.123. The number of pyridine rings is 1. The van der Waals surface area contributed by atoms with Gasteiger partial charge in [0, 0.05) is 29.0 Å². The van der Waals surface area contributed by atoms with Crippen LogP contribution in [0.5, 0.6) is 0 Å². The van der Waals surface area contributed by atoms with Gasteiger partial charge < -0.3 is 4.57 Å². The van der Waals surface area contributed by atoms with Crippen molar-refractivity contribution in [1.29, 1.82) is 0 Å². The first-order valence-electron chi connectivity index (χ1n) is 8.26. The van der Waals surface area contributed by atoms with Crippen LogP contribution in [0.1, 0.15) is 18.2 Å². The number of hydrogen-bond donors (Lipinski definition) is 0. The molecule has 3 nitrogen and oxygen atoms in total. The number of hydrogen-bond acceptors (Lipinski definition) is 3. The summed E-state index contributed by atoms with van der Waals surface area (Å²) >= 11 is 1.37. The fourth-order valence-corrected chi connectivity index (χ4v) is 3.52. The van der Waals surface area contributed by atoms with Gasteiger partial charge in [-0.25, -0.2) is 9.97 Å². The van der Waals surface area contributed by atoms with Gasteiger partial charge in [0.1, 0.15) is 11.5 Å². The van der Waals surface area contributed by atoms with Crippen molar-refractivity contribution in [2.45, 2.75) is 24.2 Å². The highest BCUT2D eigenvalue weighted by Crippen LogP contribution is 2.35. The maximum Gasteiger partial charge on any atom is 0.458 e. The van der Waals surface area contributed by atoms with E-state index < -0.39 is 18.0 Å². The molecule has 2 aromatic heterocycles. The molecule has 29 heavy (non-hydrogen) atoms. The lowest BCUT2D eigenvalue weighted by molar-refractivity contribution is -0.141. The fourth-order valence-electron chi connectivity index (χ4n) is 2.69. The van der Waals surface area contributed by atoms with Crippen LogP contribution in [0.3, 0.4) is 0 Å². The Morgan fingerprint density at radius 1 is 1.10 bits per heavy atom. The van der Waals surface area contributed by atoms with Crippen molar-refractivity contribution < 1.29 is 26.3 Å². The monoisotopic (exact) mass is 429 g/mol. The fraction of sp³-hybridized carbons (Fsp3) is 0.263. The molecule has 0 fully saturated rings. The smallest absolute Gasteiger partial charge is 0.326 e. The summed E-state index contributed by atoms with van der Waals surface area (Å²) in [4.78, 5) is 8.39. The minimum Gasteiger partial charge on any atom is -0.326 e. The van der Waals surface area contributed by atoms with Gasteiger partial charge in [0.15, 0.2) is 0 Å². The van der Waals surface area contributed by atoms with Crippen LogP contribution in [0.15, 0.2) is 35.4 Å². The predicted octanol–water partition coefficient (Wildman–Crippen LogP) is 5.68. The first kappa shape index (κ1) is 21.0. The average Bonchev–Trinajstić information content (AvgIpc) is 2.95. The van der Waals surface area contributed by atoms with Crippen molar-refractivity contribution in [2.24, 2.45) is 7.05 Å². The van der Waals surface area contributed by atoms with Crippen LogP contribution >= 0.6 is 11.8 Å². The van der Waals surface area contributed by atoms with E-state index in [0.29, 0.717) is 27.6 Å². The lowest BCUT2D eigenvalue weighted by Crippen LogP contribution is -2.07. The summed E-state index contributed by atoms with van der Waals surface area (Å²) in [6, 6.07) is 5.37. The number of thioether (sulfide) groups is 1. The van der Waals surface area contributed by atoms with E-state index in [9.17, 15) is 26.3 Å². The highest BCUT2D eigenvalue weighted by Gasteiger charge is 2.33. The number of fused-ring (bicyclic) bond motifs is 1. The molecule has 0 aliphatic heterocycles. The van der Waals surface area contributed by atoms with Crippen molar-refractivity contribution in [3.63, 3.8) is 0 Å². The van der Waals surface area contributed by atoms with Gasteiger partial charge >= 0.3 is 12.4 Å². The van der Waals surface area contributed by atoms with Crippen molar-refractivity contribution >= 4 is 22.8 Å². The van der Waals surface area contributed by atoms with E-state index in [0.717, 1.165) is 12.3 Å². The number of nitrogens with zero attached hydrogens (tertiary/aromatic N) is 3. The Labute approximate surface area is 166 Å². The highest BCUT2D eigenvalue weighted by molar-refractivity contribution is 7.99. The number of alkyl halides is 6. The molecule has 0 aliphatic carbocycles. The normalized spacial score (nSPS) is 12.1. The zero-order chi connectivity index (χ0) is 21.4. The van der Waals surface area contributed by atoms with Gasteiger partial charge in [-0.3, -0.25) is 0 Å². The van der Waals surface area contributed by atoms with E-state index >= 15 is 0 Å². The molecule has 3 rings (SSSR count). The van der Waals surface area contributed by atoms with E-state index in [1.54, 1.807) is 17.7 Å². The quantitative estimate of drug-likeness (QED) is 0.305. The summed E-state index contributed by atoms with van der Waals surface area (Å²) in [6.45, 7) is 1.87. The van der Waals surface area contributed by atoms with Gasteiger partial charge in [-0.15, -0.1) is 11.8 Å². The van der Waals surface area contributed by atoms with Gasteiger partial charge in [0.05, 0.1) is 17.2 Å². The number of rotatable bonds is 3. The van der Waals surface area contributed by atoms with Crippen molar-refractivity contribution in [2.75, 3.05) is 5.75 Å². The molecule has 10 heteroatoms. The first-order chi connectivity index (χ1) is 13.5. The predicted molar refractivity (Wildman–Crippen MR) is 98.3 cm³/mol.